The third kappa shape index (κ3) is 2.99. The van der Waals surface area contributed by atoms with Crippen LogP contribution in [0.25, 0.3) is 0 Å². The molecule has 23 heavy (non-hydrogen) atoms. The van der Waals surface area contributed by atoms with Crippen LogP contribution in [0.3, 0.4) is 0 Å². The number of benzene rings is 1. The molecule has 0 bridgehead atoms. The smallest absolute Gasteiger partial charge is 0.253 e. The van der Waals surface area contributed by atoms with Gasteiger partial charge in [0.25, 0.3) is 5.91 Å². The molecule has 0 aromatic heterocycles. The van der Waals surface area contributed by atoms with Gasteiger partial charge in [-0.3, -0.25) is 4.79 Å². The second-order valence-electron chi connectivity index (χ2n) is 6.71. The number of rotatable bonds is 4. The average molecular weight is 320 g/mol. The highest BCUT2D eigenvalue weighted by atomic mass is 16.8. The molecule has 2 fully saturated rings. The SMILES string of the molecule is CN(C[C@H]1OC[C@]2(CN)OC(C)(C)O[C@H]12)C(=O)c1ccccc1. The monoisotopic (exact) mass is 320 g/mol. The Morgan fingerprint density at radius 1 is 1.35 bits per heavy atom. The maximum absolute atomic E-state index is 12.5. The van der Waals surface area contributed by atoms with Crippen LogP contribution in [0.4, 0.5) is 0 Å². The third-order valence-corrected chi connectivity index (χ3v) is 4.42. The number of hydrogen-bond acceptors (Lipinski definition) is 5. The van der Waals surface area contributed by atoms with E-state index in [-0.39, 0.29) is 18.1 Å². The van der Waals surface area contributed by atoms with E-state index in [1.165, 1.54) is 0 Å². The molecule has 6 heteroatoms. The van der Waals surface area contributed by atoms with Gasteiger partial charge in [0.15, 0.2) is 5.79 Å². The molecular weight excluding hydrogens is 296 g/mol. The topological polar surface area (TPSA) is 74.0 Å². The summed E-state index contributed by atoms with van der Waals surface area (Å²) in [5, 5.41) is 0. The third-order valence-electron chi connectivity index (χ3n) is 4.42. The van der Waals surface area contributed by atoms with Gasteiger partial charge in [0.05, 0.1) is 6.61 Å². The average Bonchev–Trinajstić information content (AvgIpc) is 2.99. The minimum Gasteiger partial charge on any atom is -0.370 e. The van der Waals surface area contributed by atoms with Crippen LogP contribution < -0.4 is 5.73 Å². The maximum atomic E-state index is 12.5. The number of carbonyl (C=O) groups is 1. The molecule has 2 saturated heterocycles. The van der Waals surface area contributed by atoms with E-state index in [1.807, 2.05) is 32.0 Å². The van der Waals surface area contributed by atoms with E-state index < -0.39 is 11.4 Å². The molecule has 0 unspecified atom stereocenters. The fraction of sp³-hybridized carbons (Fsp3) is 0.588. The van der Waals surface area contributed by atoms with Gasteiger partial charge in [-0.1, -0.05) is 18.2 Å². The Labute approximate surface area is 136 Å². The van der Waals surface area contributed by atoms with E-state index in [9.17, 15) is 4.79 Å². The molecule has 3 rings (SSSR count). The molecule has 0 saturated carbocycles. The van der Waals surface area contributed by atoms with Crippen molar-refractivity contribution in [3.05, 3.63) is 35.9 Å². The lowest BCUT2D eigenvalue weighted by molar-refractivity contribution is -0.188. The van der Waals surface area contributed by atoms with E-state index >= 15 is 0 Å². The van der Waals surface area contributed by atoms with Crippen molar-refractivity contribution in [2.45, 2.75) is 37.4 Å². The summed E-state index contributed by atoms with van der Waals surface area (Å²) in [6, 6.07) is 9.19. The number of nitrogens with two attached hydrogens (primary N) is 1. The van der Waals surface area contributed by atoms with Gasteiger partial charge < -0.3 is 24.8 Å². The molecule has 2 N–H and O–H groups in total. The Morgan fingerprint density at radius 2 is 2.04 bits per heavy atom. The van der Waals surface area contributed by atoms with Crippen LogP contribution in [0, 0.1) is 0 Å². The predicted octanol–water partition coefficient (Wildman–Crippen LogP) is 1.01. The first-order valence-electron chi connectivity index (χ1n) is 7.87. The van der Waals surface area contributed by atoms with Gasteiger partial charge in [-0.25, -0.2) is 0 Å². The van der Waals surface area contributed by atoms with Gasteiger partial charge in [0.2, 0.25) is 0 Å². The first-order valence-corrected chi connectivity index (χ1v) is 7.87. The van der Waals surface area contributed by atoms with Crippen LogP contribution in [0.2, 0.25) is 0 Å². The zero-order chi connectivity index (χ0) is 16.7. The van der Waals surface area contributed by atoms with Crippen molar-refractivity contribution in [2.75, 3.05) is 26.7 Å². The summed E-state index contributed by atoms with van der Waals surface area (Å²) in [7, 11) is 1.77. The Hall–Kier alpha value is -1.47. The van der Waals surface area contributed by atoms with Crippen LogP contribution in [0.15, 0.2) is 30.3 Å². The van der Waals surface area contributed by atoms with Gasteiger partial charge >= 0.3 is 0 Å². The highest BCUT2D eigenvalue weighted by Crippen LogP contribution is 2.42. The van der Waals surface area contributed by atoms with Gasteiger partial charge in [-0.05, 0) is 26.0 Å². The van der Waals surface area contributed by atoms with Gasteiger partial charge in [0, 0.05) is 25.7 Å². The van der Waals surface area contributed by atoms with Crippen LogP contribution in [-0.2, 0) is 14.2 Å². The summed E-state index contributed by atoms with van der Waals surface area (Å²) < 4.78 is 17.8. The molecule has 0 aliphatic carbocycles. The molecule has 126 valence electrons. The molecule has 6 nitrogen and oxygen atoms in total. The molecule has 1 amide bonds. The summed E-state index contributed by atoms with van der Waals surface area (Å²) in [6.45, 7) is 4.89. The minimum absolute atomic E-state index is 0.0439. The van der Waals surface area contributed by atoms with Crippen LogP contribution in [0.5, 0.6) is 0 Å². The number of ether oxygens (including phenoxy) is 3. The lowest BCUT2D eigenvalue weighted by Gasteiger charge is -2.26. The predicted molar refractivity (Wildman–Crippen MR) is 85.0 cm³/mol. The Bertz CT molecular complexity index is 577. The number of fused-ring (bicyclic) bond motifs is 1. The molecule has 2 aliphatic heterocycles. The first-order chi connectivity index (χ1) is 10.9. The normalized spacial score (nSPS) is 31.8. The van der Waals surface area contributed by atoms with Crippen LogP contribution >= 0.6 is 0 Å². The lowest BCUT2D eigenvalue weighted by Crippen LogP contribution is -2.49. The second-order valence-corrected chi connectivity index (χ2v) is 6.71. The summed E-state index contributed by atoms with van der Waals surface area (Å²) in [6.07, 6.45) is -0.522. The molecule has 0 radical (unpaired) electrons. The van der Waals surface area contributed by atoms with Crippen molar-refractivity contribution in [1.29, 1.82) is 0 Å². The van der Waals surface area contributed by atoms with Gasteiger partial charge in [-0.15, -0.1) is 0 Å². The van der Waals surface area contributed by atoms with Crippen LogP contribution in [-0.4, -0.2) is 61.1 Å². The fourth-order valence-electron chi connectivity index (χ4n) is 3.37. The van der Waals surface area contributed by atoms with E-state index in [4.69, 9.17) is 19.9 Å². The summed E-state index contributed by atoms with van der Waals surface area (Å²) >= 11 is 0. The van der Waals surface area contributed by atoms with Crippen molar-refractivity contribution in [3.63, 3.8) is 0 Å². The summed E-state index contributed by atoms with van der Waals surface area (Å²) in [4.78, 5) is 14.1. The first kappa shape index (κ1) is 16.4. The molecule has 2 heterocycles. The largest absolute Gasteiger partial charge is 0.370 e. The molecule has 0 spiro atoms. The van der Waals surface area contributed by atoms with Crippen molar-refractivity contribution in [1.82, 2.24) is 4.90 Å². The molecular formula is C17H24N2O4. The molecule has 2 aliphatic rings. The van der Waals surface area contributed by atoms with Crippen molar-refractivity contribution in [3.8, 4) is 0 Å². The molecule has 1 aromatic rings. The Balaban J connectivity index is 1.70. The quantitative estimate of drug-likeness (QED) is 0.896. The van der Waals surface area contributed by atoms with Crippen LogP contribution in [0.1, 0.15) is 24.2 Å². The van der Waals surface area contributed by atoms with Crippen molar-refractivity contribution < 1.29 is 19.0 Å². The van der Waals surface area contributed by atoms with E-state index in [0.717, 1.165) is 0 Å². The number of amides is 1. The highest BCUT2D eigenvalue weighted by molar-refractivity contribution is 5.94. The Kier molecular flexibility index (Phi) is 4.18. The lowest BCUT2D eigenvalue weighted by atomic mass is 9.96. The van der Waals surface area contributed by atoms with E-state index in [1.54, 1.807) is 24.1 Å². The number of hydrogen-bond donors (Lipinski definition) is 1. The number of nitrogens with zero attached hydrogens (tertiary/aromatic N) is 1. The molecule has 1 aromatic carbocycles. The minimum atomic E-state index is -0.686. The second kappa shape index (κ2) is 5.87. The number of likely N-dealkylation sites (N-methyl/N-ethyl adjacent to an activating group) is 1. The van der Waals surface area contributed by atoms with Gasteiger partial charge in [-0.2, -0.15) is 0 Å². The van der Waals surface area contributed by atoms with Gasteiger partial charge in [0.1, 0.15) is 17.8 Å². The van der Waals surface area contributed by atoms with E-state index in [0.29, 0.717) is 25.3 Å². The summed E-state index contributed by atoms with van der Waals surface area (Å²) in [5.74, 6) is -0.730. The fourth-order valence-corrected chi connectivity index (χ4v) is 3.37. The summed E-state index contributed by atoms with van der Waals surface area (Å²) in [5.41, 5.74) is 5.94. The zero-order valence-electron chi connectivity index (χ0n) is 13.8. The number of carbonyl (C=O) groups excluding carboxylic acids is 1. The molecule has 3 atom stereocenters. The van der Waals surface area contributed by atoms with Crippen molar-refractivity contribution in [2.24, 2.45) is 5.73 Å². The standard InChI is InChI=1S/C17H24N2O4/c1-16(2)22-14-13(21-11-17(14,10-18)23-16)9-19(3)15(20)12-7-5-4-6-8-12/h4-8,13-14H,9-11,18H2,1-3H3/t13-,14-,17+/m1/s1. The maximum Gasteiger partial charge on any atom is 0.253 e. The zero-order valence-corrected chi connectivity index (χ0v) is 13.8. The van der Waals surface area contributed by atoms with E-state index in [2.05, 4.69) is 0 Å². The van der Waals surface area contributed by atoms with Crippen molar-refractivity contribution >= 4 is 5.91 Å². The highest BCUT2D eigenvalue weighted by Gasteiger charge is 2.60. The Morgan fingerprint density at radius 3 is 2.70 bits per heavy atom.